The van der Waals surface area contributed by atoms with E-state index in [9.17, 15) is 4.79 Å². The molecule has 0 spiro atoms. The van der Waals surface area contributed by atoms with Crippen molar-refractivity contribution in [2.24, 2.45) is 0 Å². The van der Waals surface area contributed by atoms with Crippen LogP contribution in [0, 0.1) is 0 Å². The highest BCUT2D eigenvalue weighted by atomic mass is 32.2. The van der Waals surface area contributed by atoms with E-state index in [-0.39, 0.29) is 0 Å². The summed E-state index contributed by atoms with van der Waals surface area (Å²) in [6.45, 7) is 0. The molecule has 3 nitrogen and oxygen atoms in total. The standard InChI is InChI=1S/C10H11NO2S2/c1-14-8-5-3-7(4-6-9(12)13)10(11-8)15-2/h3-6H,1-2H3,(H,12,13)/b6-4+. The van der Waals surface area contributed by atoms with Gasteiger partial charge in [-0.15, -0.1) is 23.5 Å². The van der Waals surface area contributed by atoms with E-state index in [0.717, 1.165) is 21.7 Å². The zero-order valence-electron chi connectivity index (χ0n) is 8.43. The average molecular weight is 241 g/mol. The molecule has 0 aliphatic heterocycles. The van der Waals surface area contributed by atoms with Crippen LogP contribution in [0.2, 0.25) is 0 Å². The van der Waals surface area contributed by atoms with Gasteiger partial charge in [-0.1, -0.05) is 0 Å². The van der Waals surface area contributed by atoms with Gasteiger partial charge in [0.15, 0.2) is 0 Å². The fraction of sp³-hybridized carbons (Fsp3) is 0.200. The molecule has 0 atom stereocenters. The number of thioether (sulfide) groups is 2. The molecule has 15 heavy (non-hydrogen) atoms. The highest BCUT2D eigenvalue weighted by Gasteiger charge is 2.02. The minimum atomic E-state index is -0.948. The Morgan fingerprint density at radius 3 is 2.67 bits per heavy atom. The molecule has 0 amide bonds. The molecule has 80 valence electrons. The summed E-state index contributed by atoms with van der Waals surface area (Å²) in [5.74, 6) is -0.948. The van der Waals surface area contributed by atoms with Crippen LogP contribution in [0.25, 0.3) is 6.08 Å². The summed E-state index contributed by atoms with van der Waals surface area (Å²) in [4.78, 5) is 14.7. The van der Waals surface area contributed by atoms with Crippen molar-refractivity contribution in [2.45, 2.75) is 10.1 Å². The van der Waals surface area contributed by atoms with E-state index in [1.54, 1.807) is 17.8 Å². The van der Waals surface area contributed by atoms with Crippen molar-refractivity contribution in [2.75, 3.05) is 12.5 Å². The fourth-order valence-electron chi connectivity index (χ4n) is 0.999. The second-order valence-corrected chi connectivity index (χ2v) is 4.25. The van der Waals surface area contributed by atoms with Crippen LogP contribution in [0.5, 0.6) is 0 Å². The summed E-state index contributed by atoms with van der Waals surface area (Å²) in [5, 5.41) is 10.3. The lowest BCUT2D eigenvalue weighted by Gasteiger charge is -2.03. The van der Waals surface area contributed by atoms with E-state index in [0.29, 0.717) is 0 Å². The molecule has 1 rings (SSSR count). The summed E-state index contributed by atoms with van der Waals surface area (Å²) in [5.41, 5.74) is 0.836. The number of pyridine rings is 1. The van der Waals surface area contributed by atoms with E-state index < -0.39 is 5.97 Å². The van der Waals surface area contributed by atoms with Gasteiger partial charge in [-0.25, -0.2) is 9.78 Å². The minimum Gasteiger partial charge on any atom is -0.478 e. The van der Waals surface area contributed by atoms with Gasteiger partial charge in [-0.3, -0.25) is 0 Å². The quantitative estimate of drug-likeness (QED) is 0.648. The van der Waals surface area contributed by atoms with Gasteiger partial charge in [-0.2, -0.15) is 0 Å². The molecular weight excluding hydrogens is 230 g/mol. The van der Waals surface area contributed by atoms with Crippen molar-refractivity contribution in [3.8, 4) is 0 Å². The van der Waals surface area contributed by atoms with Crippen molar-refractivity contribution >= 4 is 35.6 Å². The maximum absolute atomic E-state index is 10.4. The number of rotatable bonds is 4. The first-order chi connectivity index (χ1) is 7.17. The topological polar surface area (TPSA) is 50.2 Å². The van der Waals surface area contributed by atoms with Gasteiger partial charge in [0.2, 0.25) is 0 Å². The Morgan fingerprint density at radius 2 is 2.13 bits per heavy atom. The predicted molar refractivity (Wildman–Crippen MR) is 64.5 cm³/mol. The van der Waals surface area contributed by atoms with Gasteiger partial charge in [-0.05, 0) is 30.7 Å². The SMILES string of the molecule is CSc1ccc(/C=C/C(=O)O)c(SC)n1. The molecule has 5 heteroatoms. The minimum absolute atomic E-state index is 0.836. The molecular formula is C10H11NO2S2. The molecule has 1 N–H and O–H groups in total. The predicted octanol–water partition coefficient (Wildman–Crippen LogP) is 2.62. The highest BCUT2D eigenvalue weighted by Crippen LogP contribution is 2.23. The smallest absolute Gasteiger partial charge is 0.328 e. The van der Waals surface area contributed by atoms with E-state index in [4.69, 9.17) is 5.11 Å². The largest absolute Gasteiger partial charge is 0.478 e. The van der Waals surface area contributed by atoms with Crippen molar-refractivity contribution in [3.05, 3.63) is 23.8 Å². The van der Waals surface area contributed by atoms with Gasteiger partial charge in [0.25, 0.3) is 0 Å². The normalized spacial score (nSPS) is 10.8. The summed E-state index contributed by atoms with van der Waals surface area (Å²) < 4.78 is 0. The van der Waals surface area contributed by atoms with Crippen LogP contribution >= 0.6 is 23.5 Å². The first kappa shape index (κ1) is 12.1. The Balaban J connectivity index is 3.02. The molecule has 1 aromatic heterocycles. The maximum atomic E-state index is 10.4. The number of hydrogen-bond acceptors (Lipinski definition) is 4. The number of carbonyl (C=O) groups is 1. The Bertz CT molecular complexity index is 391. The number of nitrogens with zero attached hydrogens (tertiary/aromatic N) is 1. The Morgan fingerprint density at radius 1 is 1.40 bits per heavy atom. The summed E-state index contributed by atoms with van der Waals surface area (Å²) in [7, 11) is 0. The van der Waals surface area contributed by atoms with Crippen molar-refractivity contribution in [3.63, 3.8) is 0 Å². The molecule has 1 heterocycles. The Hall–Kier alpha value is -0.940. The number of aromatic nitrogens is 1. The zero-order valence-corrected chi connectivity index (χ0v) is 10.1. The highest BCUT2D eigenvalue weighted by molar-refractivity contribution is 7.99. The second-order valence-electron chi connectivity index (χ2n) is 2.62. The molecule has 0 unspecified atom stereocenters. The first-order valence-corrected chi connectivity index (χ1v) is 6.62. The van der Waals surface area contributed by atoms with Crippen molar-refractivity contribution < 1.29 is 9.90 Å². The molecule has 1 aromatic rings. The van der Waals surface area contributed by atoms with Crippen LogP contribution in [0.15, 0.2) is 28.3 Å². The maximum Gasteiger partial charge on any atom is 0.328 e. The molecule has 0 fully saturated rings. The van der Waals surface area contributed by atoms with Crippen LogP contribution in [-0.2, 0) is 4.79 Å². The number of carboxylic acids is 1. The van der Waals surface area contributed by atoms with E-state index in [1.807, 2.05) is 24.6 Å². The first-order valence-electron chi connectivity index (χ1n) is 4.17. The van der Waals surface area contributed by atoms with Crippen LogP contribution < -0.4 is 0 Å². The van der Waals surface area contributed by atoms with E-state index >= 15 is 0 Å². The van der Waals surface area contributed by atoms with Gasteiger partial charge < -0.3 is 5.11 Å². The lowest BCUT2D eigenvalue weighted by molar-refractivity contribution is -0.131. The number of hydrogen-bond donors (Lipinski definition) is 1. The van der Waals surface area contributed by atoms with E-state index in [2.05, 4.69) is 4.98 Å². The molecule has 0 aliphatic carbocycles. The van der Waals surface area contributed by atoms with Gasteiger partial charge in [0.05, 0.1) is 5.03 Å². The van der Waals surface area contributed by atoms with Gasteiger partial charge >= 0.3 is 5.97 Å². The molecule has 0 aromatic carbocycles. The lowest BCUT2D eigenvalue weighted by atomic mass is 10.2. The van der Waals surface area contributed by atoms with Crippen LogP contribution in [-0.4, -0.2) is 28.6 Å². The summed E-state index contributed by atoms with van der Waals surface area (Å²) in [6, 6.07) is 3.76. The van der Waals surface area contributed by atoms with Gasteiger partial charge in [0.1, 0.15) is 5.03 Å². The molecule has 0 aliphatic rings. The third-order valence-corrected chi connectivity index (χ3v) is 3.03. The van der Waals surface area contributed by atoms with Crippen LogP contribution in [0.1, 0.15) is 5.56 Å². The van der Waals surface area contributed by atoms with Crippen molar-refractivity contribution in [1.29, 1.82) is 0 Å². The summed E-state index contributed by atoms with van der Waals surface area (Å²) in [6.07, 6.45) is 6.56. The molecule has 0 saturated carbocycles. The zero-order chi connectivity index (χ0) is 11.3. The average Bonchev–Trinajstić information content (AvgIpc) is 2.25. The third kappa shape index (κ3) is 3.60. The Kier molecular flexibility index (Phi) is 4.71. The number of carboxylic acid groups (broad SMARTS) is 1. The third-order valence-electron chi connectivity index (χ3n) is 1.67. The van der Waals surface area contributed by atoms with E-state index in [1.165, 1.54) is 11.8 Å². The fourth-order valence-corrected chi connectivity index (χ4v) is 2.01. The van der Waals surface area contributed by atoms with Gasteiger partial charge in [0, 0.05) is 11.6 Å². The number of aliphatic carboxylic acids is 1. The van der Waals surface area contributed by atoms with Crippen LogP contribution in [0.3, 0.4) is 0 Å². The Labute approximate surface area is 97.0 Å². The lowest BCUT2D eigenvalue weighted by Crippen LogP contribution is -1.89. The second kappa shape index (κ2) is 5.82. The summed E-state index contributed by atoms with van der Waals surface area (Å²) >= 11 is 3.07. The van der Waals surface area contributed by atoms with Crippen molar-refractivity contribution in [1.82, 2.24) is 4.98 Å². The molecule has 0 radical (unpaired) electrons. The monoisotopic (exact) mass is 241 g/mol. The molecule has 0 bridgehead atoms. The van der Waals surface area contributed by atoms with Crippen LogP contribution in [0.4, 0.5) is 0 Å². The molecule has 0 saturated heterocycles.